The van der Waals surface area contributed by atoms with Crippen molar-refractivity contribution in [3.63, 3.8) is 0 Å². The minimum atomic E-state index is 0.813. The van der Waals surface area contributed by atoms with Gasteiger partial charge in [-0.05, 0) is 67.6 Å². The summed E-state index contributed by atoms with van der Waals surface area (Å²) in [7, 11) is 0. The number of furan rings is 1. The maximum Gasteiger partial charge on any atom is 0.136 e. The molecule has 270 valence electrons. The SMILES string of the molecule is C=Cc1c(/C=C\C)oc2ccc3c(c4ccccc4n3-c3ccccc3-n3c4ccccc4c4c(-c5c(-c6ccccc6)nnn5-c5ccccc5)cccc43)c12. The minimum absolute atomic E-state index is 0.813. The molecule has 0 saturated heterocycles. The van der Waals surface area contributed by atoms with Gasteiger partial charge in [-0.3, -0.25) is 0 Å². The summed E-state index contributed by atoms with van der Waals surface area (Å²) in [6, 6.07) is 57.6. The van der Waals surface area contributed by atoms with E-state index >= 15 is 0 Å². The molecule has 57 heavy (non-hydrogen) atoms. The van der Waals surface area contributed by atoms with Crippen molar-refractivity contribution >= 4 is 66.7 Å². The van der Waals surface area contributed by atoms with E-state index in [1.165, 1.54) is 0 Å². The molecule has 0 amide bonds. The largest absolute Gasteiger partial charge is 0.456 e. The molecule has 0 aliphatic rings. The summed E-state index contributed by atoms with van der Waals surface area (Å²) in [6.07, 6.45) is 5.94. The molecular weight excluding hydrogens is 699 g/mol. The van der Waals surface area contributed by atoms with E-state index in [-0.39, 0.29) is 0 Å². The lowest BCUT2D eigenvalue weighted by Gasteiger charge is -2.17. The van der Waals surface area contributed by atoms with Crippen molar-refractivity contribution in [1.82, 2.24) is 24.1 Å². The summed E-state index contributed by atoms with van der Waals surface area (Å²) < 4.78 is 13.2. The van der Waals surface area contributed by atoms with Crippen molar-refractivity contribution in [3.8, 4) is 39.6 Å². The quantitative estimate of drug-likeness (QED) is 0.164. The Balaban J connectivity index is 1.23. The molecule has 0 unspecified atom stereocenters. The van der Waals surface area contributed by atoms with Gasteiger partial charge in [-0.25, -0.2) is 4.68 Å². The summed E-state index contributed by atoms with van der Waals surface area (Å²) in [4.78, 5) is 0. The molecule has 0 bridgehead atoms. The van der Waals surface area contributed by atoms with Crippen LogP contribution in [0.1, 0.15) is 18.2 Å². The third-order valence-corrected chi connectivity index (χ3v) is 11.1. The Morgan fingerprint density at radius 2 is 1.16 bits per heavy atom. The molecule has 0 fully saturated rings. The fourth-order valence-electron chi connectivity index (χ4n) is 8.81. The van der Waals surface area contributed by atoms with Gasteiger partial charge in [0.1, 0.15) is 22.7 Å². The molecule has 0 aliphatic heterocycles. The summed E-state index contributed by atoms with van der Waals surface area (Å²) >= 11 is 0. The standard InChI is InChI=1S/C51H35N5O/c1-3-18-45-35(4-2)49-46(57-45)32-31-44-48(49)37-24-12-14-27-40(37)55(44)42-29-16-15-28-41(42)54-39-26-13-11-23-36(39)47-38(25-17-30-43(47)54)51-50(33-19-7-5-8-20-33)52-53-56(51)34-21-9-6-10-22-34/h3-32H,2H2,1H3/b18-3-. The Bertz CT molecular complexity index is 3320. The van der Waals surface area contributed by atoms with Crippen LogP contribution in [-0.4, -0.2) is 24.1 Å². The minimum Gasteiger partial charge on any atom is -0.456 e. The van der Waals surface area contributed by atoms with Crippen molar-refractivity contribution in [2.75, 3.05) is 0 Å². The van der Waals surface area contributed by atoms with Crippen LogP contribution in [0.2, 0.25) is 0 Å². The molecule has 0 spiro atoms. The molecule has 0 N–H and O–H groups in total. The molecule has 4 aromatic heterocycles. The van der Waals surface area contributed by atoms with Crippen molar-refractivity contribution in [2.45, 2.75) is 6.92 Å². The second kappa shape index (κ2) is 13.0. The number of benzene rings is 7. The highest BCUT2D eigenvalue weighted by Crippen LogP contribution is 2.45. The van der Waals surface area contributed by atoms with E-state index in [1.807, 2.05) is 54.1 Å². The van der Waals surface area contributed by atoms with Crippen LogP contribution in [0.4, 0.5) is 0 Å². The summed E-state index contributed by atoms with van der Waals surface area (Å²) in [6.45, 7) is 6.22. The maximum absolute atomic E-state index is 6.41. The van der Waals surface area contributed by atoms with Gasteiger partial charge in [0.2, 0.25) is 0 Å². The lowest BCUT2D eigenvalue weighted by atomic mass is 9.99. The van der Waals surface area contributed by atoms with Gasteiger partial charge in [0.25, 0.3) is 0 Å². The van der Waals surface area contributed by atoms with Crippen LogP contribution >= 0.6 is 0 Å². The van der Waals surface area contributed by atoms with E-state index in [4.69, 9.17) is 14.7 Å². The molecule has 6 heteroatoms. The van der Waals surface area contributed by atoms with E-state index < -0.39 is 0 Å². The summed E-state index contributed by atoms with van der Waals surface area (Å²) in [5.74, 6) is 0.813. The normalized spacial score (nSPS) is 11.9. The van der Waals surface area contributed by atoms with Gasteiger partial charge < -0.3 is 13.6 Å². The van der Waals surface area contributed by atoms with Crippen LogP contribution < -0.4 is 0 Å². The monoisotopic (exact) mass is 733 g/mol. The van der Waals surface area contributed by atoms with Crippen molar-refractivity contribution < 1.29 is 4.42 Å². The Labute approximate surface area is 328 Å². The zero-order valence-electron chi connectivity index (χ0n) is 31.2. The van der Waals surface area contributed by atoms with Crippen LogP contribution in [-0.2, 0) is 0 Å². The highest BCUT2D eigenvalue weighted by Gasteiger charge is 2.26. The number of hydrogen-bond acceptors (Lipinski definition) is 3. The topological polar surface area (TPSA) is 53.7 Å². The number of aromatic nitrogens is 5. The maximum atomic E-state index is 6.41. The lowest BCUT2D eigenvalue weighted by Crippen LogP contribution is -2.03. The number of allylic oxidation sites excluding steroid dienone is 1. The molecule has 4 heterocycles. The molecule has 0 radical (unpaired) electrons. The Kier molecular flexibility index (Phi) is 7.44. The fraction of sp³-hybridized carbons (Fsp3) is 0.0196. The highest BCUT2D eigenvalue weighted by atomic mass is 16.3. The van der Waals surface area contributed by atoms with E-state index in [2.05, 4.69) is 155 Å². The molecule has 0 aliphatic carbocycles. The highest BCUT2D eigenvalue weighted by molar-refractivity contribution is 6.23. The van der Waals surface area contributed by atoms with E-state index in [9.17, 15) is 0 Å². The lowest BCUT2D eigenvalue weighted by molar-refractivity contribution is 0.603. The molecule has 11 rings (SSSR count). The summed E-state index contributed by atoms with van der Waals surface area (Å²) in [5, 5.41) is 15.3. The van der Waals surface area contributed by atoms with Gasteiger partial charge in [-0.1, -0.05) is 133 Å². The first kappa shape index (κ1) is 32.7. The average molecular weight is 734 g/mol. The first-order valence-corrected chi connectivity index (χ1v) is 19.2. The van der Waals surface area contributed by atoms with Gasteiger partial charge in [0.05, 0.1) is 39.1 Å². The van der Waals surface area contributed by atoms with Crippen LogP contribution in [0.25, 0.3) is 106 Å². The van der Waals surface area contributed by atoms with Crippen molar-refractivity contribution in [3.05, 3.63) is 188 Å². The second-order valence-corrected chi connectivity index (χ2v) is 14.2. The molecule has 6 nitrogen and oxygen atoms in total. The van der Waals surface area contributed by atoms with Crippen LogP contribution in [0.15, 0.2) is 181 Å². The van der Waals surface area contributed by atoms with Crippen molar-refractivity contribution in [2.24, 2.45) is 0 Å². The van der Waals surface area contributed by atoms with Gasteiger partial charge in [0, 0.05) is 43.6 Å². The number of para-hydroxylation sites is 5. The molecule has 0 atom stereocenters. The number of rotatable bonds is 7. The predicted molar refractivity (Wildman–Crippen MR) is 235 cm³/mol. The van der Waals surface area contributed by atoms with Crippen LogP contribution in [0.5, 0.6) is 0 Å². The first-order valence-electron chi connectivity index (χ1n) is 19.2. The third-order valence-electron chi connectivity index (χ3n) is 11.1. The average Bonchev–Trinajstić information content (AvgIpc) is 4.03. The molecular formula is C51H35N5O. The fourth-order valence-corrected chi connectivity index (χ4v) is 8.81. The zero-order valence-corrected chi connectivity index (χ0v) is 31.2. The van der Waals surface area contributed by atoms with Gasteiger partial charge in [-0.2, -0.15) is 0 Å². The Hall–Kier alpha value is -7.70. The van der Waals surface area contributed by atoms with E-state index in [1.54, 1.807) is 0 Å². The van der Waals surface area contributed by atoms with Crippen LogP contribution in [0, 0.1) is 0 Å². The zero-order chi connectivity index (χ0) is 38.0. The first-order chi connectivity index (χ1) is 28.2. The Morgan fingerprint density at radius 3 is 1.84 bits per heavy atom. The second-order valence-electron chi connectivity index (χ2n) is 14.2. The number of fused-ring (bicyclic) bond motifs is 8. The van der Waals surface area contributed by atoms with Crippen LogP contribution in [0.3, 0.4) is 0 Å². The van der Waals surface area contributed by atoms with E-state index in [0.29, 0.717) is 0 Å². The molecule has 11 aromatic rings. The Morgan fingerprint density at radius 1 is 0.561 bits per heavy atom. The van der Waals surface area contributed by atoms with Gasteiger partial charge >= 0.3 is 0 Å². The number of nitrogens with zero attached hydrogens (tertiary/aromatic N) is 5. The third kappa shape index (κ3) is 4.84. The summed E-state index contributed by atoms with van der Waals surface area (Å²) in [5.41, 5.74) is 13.2. The molecule has 0 saturated carbocycles. The van der Waals surface area contributed by atoms with Gasteiger partial charge in [-0.15, -0.1) is 5.10 Å². The van der Waals surface area contributed by atoms with Crippen molar-refractivity contribution in [1.29, 1.82) is 0 Å². The number of hydrogen-bond donors (Lipinski definition) is 0. The predicted octanol–water partition coefficient (Wildman–Crippen LogP) is 13.2. The smallest absolute Gasteiger partial charge is 0.136 e. The van der Waals surface area contributed by atoms with E-state index in [0.717, 1.165) is 105 Å². The molecule has 7 aromatic carbocycles. The van der Waals surface area contributed by atoms with Gasteiger partial charge in [0.15, 0.2) is 0 Å².